The summed E-state index contributed by atoms with van der Waals surface area (Å²) in [6.45, 7) is 2.04. The zero-order valence-electron chi connectivity index (χ0n) is 13.2. The van der Waals surface area contributed by atoms with Gasteiger partial charge in [0.15, 0.2) is 0 Å². The van der Waals surface area contributed by atoms with Gasteiger partial charge in [-0.3, -0.25) is 9.78 Å². The second-order valence-corrected chi connectivity index (χ2v) is 5.99. The van der Waals surface area contributed by atoms with Crippen LogP contribution >= 0.6 is 11.6 Å². The van der Waals surface area contributed by atoms with Crippen LogP contribution in [0.5, 0.6) is 0 Å². The van der Waals surface area contributed by atoms with Gasteiger partial charge in [-0.15, -0.1) is 0 Å². The summed E-state index contributed by atoms with van der Waals surface area (Å²) in [5.74, 6) is -0.225. The molecule has 2 aromatic carbocycles. The molecule has 3 rings (SSSR count). The molecule has 1 N–H and O–H groups in total. The predicted molar refractivity (Wildman–Crippen MR) is 96.2 cm³/mol. The molecule has 1 atom stereocenters. The Morgan fingerprint density at radius 2 is 1.67 bits per heavy atom. The number of aromatic nitrogens is 1. The number of carbonyl (C=O) groups excluding carboxylic acids is 1. The van der Waals surface area contributed by atoms with E-state index in [2.05, 4.69) is 10.3 Å². The SMILES string of the molecule is Cc1ccc([C@H](NC(=O)c2ccncc2Cl)c2ccccc2)cc1. The van der Waals surface area contributed by atoms with E-state index >= 15 is 0 Å². The fourth-order valence-electron chi connectivity index (χ4n) is 2.53. The van der Waals surface area contributed by atoms with Gasteiger partial charge < -0.3 is 5.32 Å². The van der Waals surface area contributed by atoms with Gasteiger partial charge in [0.2, 0.25) is 0 Å². The van der Waals surface area contributed by atoms with Crippen molar-refractivity contribution in [1.82, 2.24) is 10.3 Å². The van der Waals surface area contributed by atoms with Gasteiger partial charge in [-0.05, 0) is 24.1 Å². The van der Waals surface area contributed by atoms with Gasteiger partial charge in [-0.25, -0.2) is 0 Å². The van der Waals surface area contributed by atoms with Gasteiger partial charge >= 0.3 is 0 Å². The fraction of sp³-hybridized carbons (Fsp3) is 0.100. The third-order valence-corrected chi connectivity index (χ3v) is 4.14. The monoisotopic (exact) mass is 336 g/mol. The largest absolute Gasteiger partial charge is 0.341 e. The lowest BCUT2D eigenvalue weighted by Crippen LogP contribution is -2.29. The summed E-state index contributed by atoms with van der Waals surface area (Å²) in [6, 6.07) is 19.4. The van der Waals surface area contributed by atoms with Gasteiger partial charge in [0, 0.05) is 12.4 Å². The number of hydrogen-bond acceptors (Lipinski definition) is 2. The topological polar surface area (TPSA) is 42.0 Å². The number of halogens is 1. The standard InChI is InChI=1S/C20H17ClN2O/c1-14-7-9-16(10-8-14)19(15-5-3-2-4-6-15)23-20(24)17-11-12-22-13-18(17)21/h2-13,19H,1H3,(H,23,24)/t19-/m1/s1. The zero-order valence-corrected chi connectivity index (χ0v) is 14.0. The quantitative estimate of drug-likeness (QED) is 0.758. The second kappa shape index (κ2) is 7.28. The van der Waals surface area contributed by atoms with Gasteiger partial charge in [-0.1, -0.05) is 71.8 Å². The molecule has 0 saturated carbocycles. The minimum atomic E-state index is -0.247. The predicted octanol–water partition coefficient (Wildman–Crippen LogP) is 4.56. The second-order valence-electron chi connectivity index (χ2n) is 5.58. The summed E-state index contributed by atoms with van der Waals surface area (Å²) >= 11 is 6.09. The molecule has 0 aliphatic heterocycles. The van der Waals surface area contributed by atoms with Gasteiger partial charge in [0.1, 0.15) is 0 Å². The van der Waals surface area contributed by atoms with E-state index in [0.717, 1.165) is 11.1 Å². The lowest BCUT2D eigenvalue weighted by Gasteiger charge is -2.20. The number of nitrogens with zero attached hydrogens (tertiary/aromatic N) is 1. The molecule has 1 amide bonds. The Bertz CT molecular complexity index is 832. The molecule has 24 heavy (non-hydrogen) atoms. The molecule has 1 heterocycles. The Morgan fingerprint density at radius 1 is 1.00 bits per heavy atom. The normalized spacial score (nSPS) is 11.8. The van der Waals surface area contributed by atoms with Crippen LogP contribution in [-0.2, 0) is 0 Å². The number of aryl methyl sites for hydroxylation is 1. The van der Waals surface area contributed by atoms with Crippen LogP contribution in [0.3, 0.4) is 0 Å². The van der Waals surface area contributed by atoms with E-state index < -0.39 is 0 Å². The van der Waals surface area contributed by atoms with Crippen LogP contribution in [0.25, 0.3) is 0 Å². The molecule has 3 aromatic rings. The Labute approximate surface area is 146 Å². The molecular formula is C20H17ClN2O. The van der Waals surface area contributed by atoms with Crippen molar-refractivity contribution in [3.05, 3.63) is 100 Å². The molecule has 120 valence electrons. The van der Waals surface area contributed by atoms with Crippen molar-refractivity contribution in [2.75, 3.05) is 0 Å². The molecule has 0 unspecified atom stereocenters. The molecule has 0 saturated heterocycles. The molecule has 1 aromatic heterocycles. The first-order valence-electron chi connectivity index (χ1n) is 7.67. The van der Waals surface area contributed by atoms with E-state index in [0.29, 0.717) is 10.6 Å². The molecule has 3 nitrogen and oxygen atoms in total. The first kappa shape index (κ1) is 16.2. The van der Waals surface area contributed by atoms with E-state index in [1.54, 1.807) is 12.3 Å². The summed E-state index contributed by atoms with van der Waals surface area (Å²) in [6.07, 6.45) is 3.03. The van der Waals surface area contributed by atoms with Crippen molar-refractivity contribution in [3.63, 3.8) is 0 Å². The van der Waals surface area contributed by atoms with E-state index in [9.17, 15) is 4.79 Å². The van der Waals surface area contributed by atoms with E-state index in [1.165, 1.54) is 11.8 Å². The summed E-state index contributed by atoms with van der Waals surface area (Å²) < 4.78 is 0. The van der Waals surface area contributed by atoms with E-state index in [1.807, 2.05) is 61.5 Å². The van der Waals surface area contributed by atoms with Gasteiger partial charge in [0.05, 0.1) is 16.6 Å². The Morgan fingerprint density at radius 3 is 2.33 bits per heavy atom. The third-order valence-electron chi connectivity index (χ3n) is 3.84. The maximum Gasteiger partial charge on any atom is 0.253 e. The summed E-state index contributed by atoms with van der Waals surface area (Å²) in [5.41, 5.74) is 3.62. The summed E-state index contributed by atoms with van der Waals surface area (Å²) in [5, 5.41) is 3.41. The smallest absolute Gasteiger partial charge is 0.253 e. The van der Waals surface area contributed by atoms with Crippen LogP contribution in [0, 0.1) is 6.92 Å². The van der Waals surface area contributed by atoms with Crippen molar-refractivity contribution in [2.24, 2.45) is 0 Å². The number of nitrogens with one attached hydrogen (secondary N) is 1. The van der Waals surface area contributed by atoms with Crippen LogP contribution in [-0.4, -0.2) is 10.9 Å². The van der Waals surface area contributed by atoms with Crippen LogP contribution in [0.4, 0.5) is 0 Å². The maximum absolute atomic E-state index is 12.7. The van der Waals surface area contributed by atoms with Crippen LogP contribution in [0.1, 0.15) is 33.1 Å². The average Bonchev–Trinajstić information content (AvgIpc) is 2.61. The minimum Gasteiger partial charge on any atom is -0.341 e. The Hall–Kier alpha value is -2.65. The lowest BCUT2D eigenvalue weighted by atomic mass is 9.97. The average molecular weight is 337 g/mol. The van der Waals surface area contributed by atoms with Gasteiger partial charge in [-0.2, -0.15) is 0 Å². The molecule has 0 radical (unpaired) electrons. The first-order valence-corrected chi connectivity index (χ1v) is 8.05. The highest BCUT2D eigenvalue weighted by molar-refractivity contribution is 6.33. The highest BCUT2D eigenvalue weighted by Gasteiger charge is 2.19. The molecule has 0 bridgehead atoms. The minimum absolute atomic E-state index is 0.225. The molecule has 0 aliphatic carbocycles. The molecule has 0 spiro atoms. The van der Waals surface area contributed by atoms with Crippen LogP contribution in [0.15, 0.2) is 73.1 Å². The number of pyridine rings is 1. The number of carbonyl (C=O) groups is 1. The molecule has 4 heteroatoms. The van der Waals surface area contributed by atoms with E-state index in [-0.39, 0.29) is 11.9 Å². The Kier molecular flexibility index (Phi) is 4.92. The van der Waals surface area contributed by atoms with Crippen molar-refractivity contribution in [3.8, 4) is 0 Å². The number of rotatable bonds is 4. The molecule has 0 fully saturated rings. The van der Waals surface area contributed by atoms with Gasteiger partial charge in [0.25, 0.3) is 5.91 Å². The first-order chi connectivity index (χ1) is 11.6. The highest BCUT2D eigenvalue weighted by atomic mass is 35.5. The zero-order chi connectivity index (χ0) is 16.9. The third kappa shape index (κ3) is 3.63. The van der Waals surface area contributed by atoms with Crippen LogP contribution in [0.2, 0.25) is 5.02 Å². The Balaban J connectivity index is 1.95. The lowest BCUT2D eigenvalue weighted by molar-refractivity contribution is 0.0943. The van der Waals surface area contributed by atoms with Crippen molar-refractivity contribution in [1.29, 1.82) is 0 Å². The fourth-order valence-corrected chi connectivity index (χ4v) is 2.74. The number of benzene rings is 2. The van der Waals surface area contributed by atoms with Crippen LogP contribution < -0.4 is 5.32 Å². The van der Waals surface area contributed by atoms with Crippen molar-refractivity contribution in [2.45, 2.75) is 13.0 Å². The summed E-state index contributed by atoms with van der Waals surface area (Å²) in [7, 11) is 0. The highest BCUT2D eigenvalue weighted by Crippen LogP contribution is 2.24. The number of amides is 1. The summed E-state index contributed by atoms with van der Waals surface area (Å²) in [4.78, 5) is 16.6. The molecular weight excluding hydrogens is 320 g/mol. The molecule has 0 aliphatic rings. The van der Waals surface area contributed by atoms with E-state index in [4.69, 9.17) is 11.6 Å². The number of hydrogen-bond donors (Lipinski definition) is 1. The van der Waals surface area contributed by atoms with Crippen molar-refractivity contribution < 1.29 is 4.79 Å². The maximum atomic E-state index is 12.7. The van der Waals surface area contributed by atoms with Crippen molar-refractivity contribution >= 4 is 17.5 Å².